The van der Waals surface area contributed by atoms with E-state index in [0.717, 1.165) is 4.90 Å². The van der Waals surface area contributed by atoms with E-state index >= 15 is 0 Å². The van der Waals surface area contributed by atoms with Crippen molar-refractivity contribution in [3.05, 3.63) is 51.4 Å². The average molecular weight is 281 g/mol. The maximum absolute atomic E-state index is 11.1. The van der Waals surface area contributed by atoms with Gasteiger partial charge < -0.3 is 10.7 Å². The van der Waals surface area contributed by atoms with Gasteiger partial charge in [0, 0.05) is 22.7 Å². The lowest BCUT2D eigenvalue weighted by Crippen LogP contribution is -2.10. The van der Waals surface area contributed by atoms with Crippen molar-refractivity contribution in [1.82, 2.24) is 9.97 Å². The van der Waals surface area contributed by atoms with Crippen LogP contribution >= 0.6 is 23.4 Å². The molecule has 18 heavy (non-hydrogen) atoms. The lowest BCUT2D eigenvalue weighted by atomic mass is 10.2. The quantitative estimate of drug-likeness (QED) is 0.454. The number of H-pyrrole nitrogens is 1. The molecule has 1 aromatic carbocycles. The fourth-order valence-electron chi connectivity index (χ4n) is 1.26. The van der Waals surface area contributed by atoms with E-state index in [1.807, 2.05) is 0 Å². The molecular formula is C11H9ClN4OS. The molecule has 0 unspecified atom stereocenters. The Bertz CT molecular complexity index is 655. The number of amidine groups is 1. The zero-order chi connectivity index (χ0) is 13.1. The second kappa shape index (κ2) is 5.24. The molecule has 0 aliphatic carbocycles. The molecule has 0 aliphatic rings. The topological polar surface area (TPSA) is 95.6 Å². The van der Waals surface area contributed by atoms with Crippen molar-refractivity contribution < 1.29 is 0 Å². The highest BCUT2D eigenvalue weighted by molar-refractivity contribution is 7.99. The van der Waals surface area contributed by atoms with Crippen molar-refractivity contribution in [3.8, 4) is 0 Å². The number of aromatic amines is 1. The van der Waals surface area contributed by atoms with Gasteiger partial charge >= 0.3 is 0 Å². The van der Waals surface area contributed by atoms with Crippen LogP contribution in [0.4, 0.5) is 0 Å². The smallest absolute Gasteiger partial charge is 0.251 e. The van der Waals surface area contributed by atoms with Gasteiger partial charge in [-0.3, -0.25) is 10.2 Å². The molecule has 0 atom stereocenters. The summed E-state index contributed by atoms with van der Waals surface area (Å²) in [5.74, 6) is -0.0420. The van der Waals surface area contributed by atoms with Crippen LogP contribution in [-0.4, -0.2) is 15.8 Å². The molecule has 0 saturated heterocycles. The normalized spacial score (nSPS) is 10.3. The molecule has 1 heterocycles. The lowest BCUT2D eigenvalue weighted by molar-refractivity contribution is 0.937. The first-order valence-electron chi connectivity index (χ1n) is 4.93. The van der Waals surface area contributed by atoms with E-state index in [-0.39, 0.29) is 11.4 Å². The van der Waals surface area contributed by atoms with E-state index in [9.17, 15) is 4.79 Å². The Balaban J connectivity index is 2.30. The highest BCUT2D eigenvalue weighted by Gasteiger charge is 2.06. The third-order valence-electron chi connectivity index (χ3n) is 2.10. The zero-order valence-corrected chi connectivity index (χ0v) is 10.7. The first kappa shape index (κ1) is 12.7. The van der Waals surface area contributed by atoms with Gasteiger partial charge in [-0.05, 0) is 12.1 Å². The fraction of sp³-hybridized carbons (Fsp3) is 0. The number of rotatable bonds is 3. The molecule has 92 valence electrons. The van der Waals surface area contributed by atoms with Crippen molar-refractivity contribution in [1.29, 1.82) is 5.41 Å². The van der Waals surface area contributed by atoms with Crippen LogP contribution in [0, 0.1) is 5.41 Å². The van der Waals surface area contributed by atoms with Crippen molar-refractivity contribution in [2.45, 2.75) is 10.1 Å². The third kappa shape index (κ3) is 2.91. The van der Waals surface area contributed by atoms with Crippen LogP contribution in [0.25, 0.3) is 0 Å². The van der Waals surface area contributed by atoms with Gasteiger partial charge in [-0.1, -0.05) is 29.4 Å². The number of benzene rings is 1. The Hall–Kier alpha value is -1.79. The van der Waals surface area contributed by atoms with Crippen LogP contribution in [-0.2, 0) is 0 Å². The fourth-order valence-corrected chi connectivity index (χ4v) is 2.32. The minimum absolute atomic E-state index is 0.0420. The summed E-state index contributed by atoms with van der Waals surface area (Å²) < 4.78 is 0. The highest BCUT2D eigenvalue weighted by Crippen LogP contribution is 2.31. The summed E-state index contributed by atoms with van der Waals surface area (Å²) in [7, 11) is 0. The Labute approximate surface area is 112 Å². The summed E-state index contributed by atoms with van der Waals surface area (Å²) in [5, 5.41) is 8.22. The number of nitrogens with two attached hydrogens (primary N) is 1. The largest absolute Gasteiger partial charge is 0.384 e. The van der Waals surface area contributed by atoms with Crippen molar-refractivity contribution in [2.75, 3.05) is 0 Å². The summed E-state index contributed by atoms with van der Waals surface area (Å²) in [6.45, 7) is 0. The minimum atomic E-state index is -0.219. The summed E-state index contributed by atoms with van der Waals surface area (Å²) in [5.41, 5.74) is 5.70. The molecule has 0 radical (unpaired) electrons. The first-order valence-corrected chi connectivity index (χ1v) is 6.13. The summed E-state index contributed by atoms with van der Waals surface area (Å²) in [6.07, 6.45) is 1.43. The SMILES string of the molecule is N=C(N)c1ccc(Sc2nccc(=O)[nH]2)c(Cl)c1. The number of hydrogen-bond donors (Lipinski definition) is 3. The van der Waals surface area contributed by atoms with Gasteiger partial charge in [-0.15, -0.1) is 0 Å². The van der Waals surface area contributed by atoms with Crippen LogP contribution in [0.1, 0.15) is 5.56 Å². The van der Waals surface area contributed by atoms with E-state index in [2.05, 4.69) is 9.97 Å². The van der Waals surface area contributed by atoms with Crippen LogP contribution in [0.2, 0.25) is 5.02 Å². The Kier molecular flexibility index (Phi) is 3.69. The predicted molar refractivity (Wildman–Crippen MR) is 71.4 cm³/mol. The Morgan fingerprint density at radius 3 is 2.83 bits per heavy atom. The number of halogens is 1. The van der Waals surface area contributed by atoms with E-state index < -0.39 is 0 Å². The van der Waals surface area contributed by atoms with Gasteiger partial charge in [0.25, 0.3) is 5.56 Å². The van der Waals surface area contributed by atoms with E-state index in [1.54, 1.807) is 18.2 Å². The molecule has 2 aromatic rings. The second-order valence-electron chi connectivity index (χ2n) is 3.40. The van der Waals surface area contributed by atoms with Gasteiger partial charge in [0.2, 0.25) is 0 Å². The molecule has 0 spiro atoms. The van der Waals surface area contributed by atoms with Crippen LogP contribution in [0.5, 0.6) is 0 Å². The Morgan fingerprint density at radius 2 is 2.22 bits per heavy atom. The maximum Gasteiger partial charge on any atom is 0.251 e. The van der Waals surface area contributed by atoms with Gasteiger partial charge in [0.05, 0.1) is 5.02 Å². The standard InChI is InChI=1S/C11H9ClN4OS/c12-7-5-6(10(13)14)1-2-8(7)18-11-15-4-3-9(17)16-11/h1-5H,(H3,13,14)(H,15,16,17). The van der Waals surface area contributed by atoms with Crippen molar-refractivity contribution in [2.24, 2.45) is 5.73 Å². The summed E-state index contributed by atoms with van der Waals surface area (Å²) in [6, 6.07) is 6.37. The van der Waals surface area contributed by atoms with E-state index in [4.69, 9.17) is 22.7 Å². The van der Waals surface area contributed by atoms with Crippen molar-refractivity contribution >= 4 is 29.2 Å². The van der Waals surface area contributed by atoms with Gasteiger partial charge in [0.1, 0.15) is 5.84 Å². The van der Waals surface area contributed by atoms with Crippen LogP contribution in [0.15, 0.2) is 45.3 Å². The summed E-state index contributed by atoms with van der Waals surface area (Å²) >= 11 is 7.31. The van der Waals surface area contributed by atoms with Crippen LogP contribution in [0.3, 0.4) is 0 Å². The maximum atomic E-state index is 11.1. The molecule has 7 heteroatoms. The molecule has 2 rings (SSSR count). The van der Waals surface area contributed by atoms with Crippen LogP contribution < -0.4 is 11.3 Å². The number of aromatic nitrogens is 2. The summed E-state index contributed by atoms with van der Waals surface area (Å²) in [4.78, 5) is 18.5. The molecule has 0 fully saturated rings. The Morgan fingerprint density at radius 1 is 1.44 bits per heavy atom. The molecule has 1 aromatic heterocycles. The first-order chi connectivity index (χ1) is 8.56. The number of nitrogens with one attached hydrogen (secondary N) is 2. The van der Waals surface area contributed by atoms with Gasteiger partial charge in [-0.2, -0.15) is 0 Å². The number of nitrogen functional groups attached to an aromatic ring is 1. The van der Waals surface area contributed by atoms with E-state index in [1.165, 1.54) is 24.0 Å². The monoisotopic (exact) mass is 280 g/mol. The predicted octanol–water partition coefficient (Wildman–Crippen LogP) is 1.86. The number of nitrogens with zero attached hydrogens (tertiary/aromatic N) is 1. The average Bonchev–Trinajstić information content (AvgIpc) is 2.31. The molecule has 0 bridgehead atoms. The molecule has 0 aliphatic heterocycles. The minimum Gasteiger partial charge on any atom is -0.384 e. The third-order valence-corrected chi connectivity index (χ3v) is 3.50. The van der Waals surface area contributed by atoms with Crippen molar-refractivity contribution in [3.63, 3.8) is 0 Å². The van der Waals surface area contributed by atoms with E-state index in [0.29, 0.717) is 15.7 Å². The molecule has 5 nitrogen and oxygen atoms in total. The second-order valence-corrected chi connectivity index (χ2v) is 4.84. The molecule has 4 N–H and O–H groups in total. The van der Waals surface area contributed by atoms with Gasteiger partial charge in [0.15, 0.2) is 5.16 Å². The molecule has 0 saturated carbocycles. The molecular weight excluding hydrogens is 272 g/mol. The zero-order valence-electron chi connectivity index (χ0n) is 9.11. The lowest BCUT2D eigenvalue weighted by Gasteiger charge is -2.05. The molecule has 0 amide bonds. The number of hydrogen-bond acceptors (Lipinski definition) is 4. The highest BCUT2D eigenvalue weighted by atomic mass is 35.5. The van der Waals surface area contributed by atoms with Gasteiger partial charge in [-0.25, -0.2) is 4.98 Å².